The summed E-state index contributed by atoms with van der Waals surface area (Å²) in [7, 11) is 0. The number of nitrogens with zero attached hydrogens (tertiary/aromatic N) is 1. The molecule has 154 valence electrons. The van der Waals surface area contributed by atoms with Crippen LogP contribution in [0.2, 0.25) is 0 Å². The Morgan fingerprint density at radius 1 is 1.03 bits per heavy atom. The van der Waals surface area contributed by atoms with E-state index in [9.17, 15) is 14.4 Å². The Kier molecular flexibility index (Phi) is 5.82. The highest BCUT2D eigenvalue weighted by Crippen LogP contribution is 2.20. The molecular formula is C21H21N5O4. The van der Waals surface area contributed by atoms with E-state index in [0.29, 0.717) is 17.9 Å². The smallest absolute Gasteiger partial charge is 0.335 e. The van der Waals surface area contributed by atoms with Gasteiger partial charge in [0.15, 0.2) is 5.82 Å². The highest BCUT2D eigenvalue weighted by molar-refractivity contribution is 6.04. The highest BCUT2D eigenvalue weighted by Gasteiger charge is 2.18. The lowest BCUT2D eigenvalue weighted by Gasteiger charge is -2.11. The summed E-state index contributed by atoms with van der Waals surface area (Å²) in [5.41, 5.74) is 8.79. The lowest BCUT2D eigenvalue weighted by Crippen LogP contribution is -2.23. The van der Waals surface area contributed by atoms with Crippen LogP contribution in [0.4, 0.5) is 16.3 Å². The van der Waals surface area contributed by atoms with Crippen LogP contribution in [0, 0.1) is 13.8 Å². The number of anilines is 2. The van der Waals surface area contributed by atoms with Gasteiger partial charge in [-0.1, -0.05) is 30.3 Å². The van der Waals surface area contributed by atoms with E-state index < -0.39 is 17.9 Å². The largest absolute Gasteiger partial charge is 0.478 e. The number of carboxylic acid groups (broad SMARTS) is 1. The van der Waals surface area contributed by atoms with E-state index in [1.165, 1.54) is 12.1 Å². The fraction of sp³-hybridized carbons (Fsp3) is 0.143. The molecule has 3 aromatic rings. The zero-order valence-electron chi connectivity index (χ0n) is 16.4. The van der Waals surface area contributed by atoms with Crippen LogP contribution < -0.4 is 16.4 Å². The number of imidazole rings is 1. The number of aromatic carboxylic acids is 1. The molecule has 3 amide bonds. The minimum absolute atomic E-state index is 0.0170. The third-order valence-corrected chi connectivity index (χ3v) is 4.52. The number of nitrogens with two attached hydrogens (primary N) is 1. The molecule has 0 spiro atoms. The van der Waals surface area contributed by atoms with Crippen LogP contribution >= 0.6 is 0 Å². The number of benzene rings is 2. The predicted molar refractivity (Wildman–Crippen MR) is 112 cm³/mol. The summed E-state index contributed by atoms with van der Waals surface area (Å²) in [6.07, 6.45) is 0.292. The number of carboxylic acids is 1. The van der Waals surface area contributed by atoms with Crippen molar-refractivity contribution in [2.24, 2.45) is 5.73 Å². The van der Waals surface area contributed by atoms with Gasteiger partial charge in [-0.05, 0) is 42.7 Å². The summed E-state index contributed by atoms with van der Waals surface area (Å²) in [6.45, 7) is 3.75. The van der Waals surface area contributed by atoms with Crippen LogP contribution in [0.3, 0.4) is 0 Å². The third-order valence-electron chi connectivity index (χ3n) is 4.52. The number of hydrogen-bond donors (Lipinski definition) is 5. The Morgan fingerprint density at radius 3 is 2.23 bits per heavy atom. The van der Waals surface area contributed by atoms with Gasteiger partial charge in [-0.25, -0.2) is 14.6 Å². The second-order valence-corrected chi connectivity index (χ2v) is 6.80. The summed E-state index contributed by atoms with van der Waals surface area (Å²) in [5.74, 6) is -1.37. The number of urea groups is 1. The van der Waals surface area contributed by atoms with Gasteiger partial charge in [-0.15, -0.1) is 0 Å². The van der Waals surface area contributed by atoms with Crippen LogP contribution in [0.5, 0.6) is 0 Å². The van der Waals surface area contributed by atoms with E-state index in [2.05, 4.69) is 20.6 Å². The molecule has 9 heteroatoms. The summed E-state index contributed by atoms with van der Waals surface area (Å²) < 4.78 is 0. The number of primary amides is 1. The Morgan fingerprint density at radius 2 is 1.67 bits per heavy atom. The van der Waals surface area contributed by atoms with Crippen molar-refractivity contribution in [1.29, 1.82) is 0 Å². The van der Waals surface area contributed by atoms with E-state index in [-0.39, 0.29) is 17.1 Å². The molecule has 0 bridgehead atoms. The monoisotopic (exact) mass is 407 g/mol. The second-order valence-electron chi connectivity index (χ2n) is 6.80. The normalized spacial score (nSPS) is 10.5. The van der Waals surface area contributed by atoms with Crippen LogP contribution in [0.25, 0.3) is 0 Å². The van der Waals surface area contributed by atoms with Crippen molar-refractivity contribution in [1.82, 2.24) is 9.97 Å². The number of carbonyl (C=O) groups is 3. The van der Waals surface area contributed by atoms with Crippen molar-refractivity contribution < 1.29 is 19.5 Å². The average molecular weight is 407 g/mol. The molecule has 9 nitrogen and oxygen atoms in total. The molecule has 1 heterocycles. The average Bonchev–Trinajstić information content (AvgIpc) is 3.07. The molecular weight excluding hydrogens is 386 g/mol. The maximum Gasteiger partial charge on any atom is 0.335 e. The number of H-pyrrole nitrogens is 1. The van der Waals surface area contributed by atoms with Crippen molar-refractivity contribution >= 4 is 29.4 Å². The number of carbonyl (C=O) groups excluding carboxylic acids is 2. The SMILES string of the molecule is Cc1cccc(C)c1NC(=O)Nc1nc(Cc2ccc(C(=O)O)cc2)[nH]c1C(N)=O. The molecule has 2 aromatic carbocycles. The number of nitrogens with one attached hydrogen (secondary N) is 3. The molecule has 3 rings (SSSR count). The third kappa shape index (κ3) is 4.64. The van der Waals surface area contributed by atoms with Gasteiger partial charge in [-0.2, -0.15) is 0 Å². The number of hydrogen-bond acceptors (Lipinski definition) is 4. The van der Waals surface area contributed by atoms with Crippen LogP contribution in [-0.4, -0.2) is 33.0 Å². The molecule has 0 saturated heterocycles. The molecule has 6 N–H and O–H groups in total. The number of aryl methyl sites for hydroxylation is 2. The van der Waals surface area contributed by atoms with Crippen molar-refractivity contribution in [3.63, 3.8) is 0 Å². The van der Waals surface area contributed by atoms with Gasteiger partial charge in [0.05, 0.1) is 5.56 Å². The standard InChI is InChI=1S/C21H21N5O4/c1-11-4-3-5-12(2)16(11)25-21(30)26-19-17(18(22)27)23-15(24-19)10-13-6-8-14(9-7-13)20(28)29/h3-9H,10H2,1-2H3,(H2,22,27)(H,23,24)(H,28,29)(H2,25,26,30). The number of rotatable bonds is 6. The van der Waals surface area contributed by atoms with Gasteiger partial charge >= 0.3 is 12.0 Å². The zero-order chi connectivity index (χ0) is 21.8. The van der Waals surface area contributed by atoms with Crippen molar-refractivity contribution in [2.75, 3.05) is 10.6 Å². The van der Waals surface area contributed by atoms with E-state index in [1.54, 1.807) is 12.1 Å². The summed E-state index contributed by atoms with van der Waals surface area (Å²) in [4.78, 5) is 42.2. The lowest BCUT2D eigenvalue weighted by atomic mass is 10.1. The highest BCUT2D eigenvalue weighted by atomic mass is 16.4. The molecule has 0 aliphatic heterocycles. The summed E-state index contributed by atoms with van der Waals surface area (Å²) in [5, 5.41) is 14.3. The number of aromatic nitrogens is 2. The Balaban J connectivity index is 1.78. The molecule has 0 unspecified atom stereocenters. The summed E-state index contributed by atoms with van der Waals surface area (Å²) >= 11 is 0. The van der Waals surface area contributed by atoms with Crippen LogP contribution in [0.1, 0.15) is 43.4 Å². The van der Waals surface area contributed by atoms with Gasteiger partial charge < -0.3 is 21.1 Å². The van der Waals surface area contributed by atoms with Gasteiger partial charge in [-0.3, -0.25) is 10.1 Å². The first-order valence-corrected chi connectivity index (χ1v) is 9.09. The molecule has 30 heavy (non-hydrogen) atoms. The van der Waals surface area contributed by atoms with Crippen molar-refractivity contribution in [3.05, 3.63) is 76.2 Å². The van der Waals surface area contributed by atoms with E-state index >= 15 is 0 Å². The van der Waals surface area contributed by atoms with Crippen LogP contribution in [-0.2, 0) is 6.42 Å². The Bertz CT molecular complexity index is 1100. The molecule has 0 saturated carbocycles. The van der Waals surface area contributed by atoms with Gasteiger partial charge in [0.25, 0.3) is 5.91 Å². The maximum absolute atomic E-state index is 12.4. The predicted octanol–water partition coefficient (Wildman–Crippen LogP) is 3.06. The van der Waals surface area contributed by atoms with Crippen molar-refractivity contribution in [2.45, 2.75) is 20.3 Å². The van der Waals surface area contributed by atoms with E-state index in [4.69, 9.17) is 10.8 Å². The quantitative estimate of drug-likeness (QED) is 0.425. The molecule has 0 radical (unpaired) electrons. The molecule has 0 atom stereocenters. The number of amides is 3. The molecule has 1 aromatic heterocycles. The Labute approximate surface area is 172 Å². The van der Waals surface area contributed by atoms with Gasteiger partial charge in [0.2, 0.25) is 0 Å². The maximum atomic E-state index is 12.4. The van der Waals surface area contributed by atoms with Gasteiger partial charge in [0.1, 0.15) is 11.5 Å². The summed E-state index contributed by atoms with van der Waals surface area (Å²) in [6, 6.07) is 11.3. The topological polar surface area (TPSA) is 150 Å². The van der Waals surface area contributed by atoms with Crippen LogP contribution in [0.15, 0.2) is 42.5 Å². The number of para-hydroxylation sites is 1. The number of aromatic amines is 1. The lowest BCUT2D eigenvalue weighted by molar-refractivity contribution is 0.0696. The Hall–Kier alpha value is -4.14. The fourth-order valence-corrected chi connectivity index (χ4v) is 3.00. The molecule has 0 aliphatic rings. The minimum atomic E-state index is -1.02. The first-order valence-electron chi connectivity index (χ1n) is 9.09. The van der Waals surface area contributed by atoms with Crippen molar-refractivity contribution in [3.8, 4) is 0 Å². The van der Waals surface area contributed by atoms with E-state index in [0.717, 1.165) is 16.7 Å². The van der Waals surface area contributed by atoms with Gasteiger partial charge in [0, 0.05) is 12.1 Å². The zero-order valence-corrected chi connectivity index (χ0v) is 16.4. The van der Waals surface area contributed by atoms with E-state index in [1.807, 2.05) is 32.0 Å². The minimum Gasteiger partial charge on any atom is -0.478 e. The first-order chi connectivity index (χ1) is 14.2. The molecule has 0 fully saturated rings. The molecule has 0 aliphatic carbocycles. The fourth-order valence-electron chi connectivity index (χ4n) is 3.00. The second kappa shape index (κ2) is 8.48. The first kappa shape index (κ1) is 20.6.